The number of aromatic nitrogens is 3. The fraction of sp³-hybridized carbons (Fsp3) is 0.688. The van der Waals surface area contributed by atoms with Crippen LogP contribution in [0.1, 0.15) is 56.0 Å². The van der Waals surface area contributed by atoms with Crippen LogP contribution in [0.25, 0.3) is 0 Å². The molecule has 3 rings (SSSR count). The molecule has 1 aliphatic heterocycles. The lowest BCUT2D eigenvalue weighted by Gasteiger charge is -2.23. The topological polar surface area (TPSA) is 83.4 Å². The van der Waals surface area contributed by atoms with Crippen molar-refractivity contribution in [1.29, 1.82) is 0 Å². The highest BCUT2D eigenvalue weighted by Gasteiger charge is 2.44. The van der Waals surface area contributed by atoms with Crippen LogP contribution in [-0.2, 0) is 20.5 Å². The summed E-state index contributed by atoms with van der Waals surface area (Å²) in [7, 11) is 0. The molecule has 1 fully saturated rings. The van der Waals surface area contributed by atoms with Crippen LogP contribution in [0.15, 0.2) is 8.94 Å². The Morgan fingerprint density at radius 3 is 2.61 bits per heavy atom. The molecule has 23 heavy (non-hydrogen) atoms. The molecule has 0 saturated carbocycles. The van der Waals surface area contributed by atoms with Crippen LogP contribution in [0.3, 0.4) is 0 Å². The van der Waals surface area contributed by atoms with Crippen LogP contribution in [0.5, 0.6) is 0 Å². The number of hydrogen-bond donors (Lipinski definition) is 0. The van der Waals surface area contributed by atoms with Crippen LogP contribution < -0.4 is 0 Å². The van der Waals surface area contributed by atoms with E-state index in [-0.39, 0.29) is 0 Å². The van der Waals surface area contributed by atoms with Gasteiger partial charge < -0.3 is 18.4 Å². The van der Waals surface area contributed by atoms with Gasteiger partial charge in [-0.25, -0.2) is 0 Å². The van der Waals surface area contributed by atoms with Gasteiger partial charge in [0.25, 0.3) is 5.89 Å². The van der Waals surface area contributed by atoms with Crippen molar-refractivity contribution in [3.63, 3.8) is 0 Å². The van der Waals surface area contributed by atoms with E-state index >= 15 is 0 Å². The summed E-state index contributed by atoms with van der Waals surface area (Å²) in [5.74, 6) is 1.76. The third-order valence-electron chi connectivity index (χ3n) is 4.41. The minimum atomic E-state index is -0.630. The molecule has 0 N–H and O–H groups in total. The smallest absolute Gasteiger partial charge is 0.250 e. The standard InChI is InChI=1S/C16H23N3O4/c1-6-21-16(7-8-20-9-16)14-18-17-13(22-14)15(4,5)12-10(2)19-23-11(12)3/h6-9H2,1-5H3. The largest absolute Gasteiger partial charge is 0.421 e. The molecule has 1 unspecified atom stereocenters. The minimum absolute atomic E-state index is 0.439. The molecule has 7 heteroatoms. The van der Waals surface area contributed by atoms with Crippen LogP contribution >= 0.6 is 0 Å². The van der Waals surface area contributed by atoms with Crippen molar-refractivity contribution in [1.82, 2.24) is 15.4 Å². The molecule has 2 aromatic heterocycles. The first kappa shape index (κ1) is 16.1. The van der Waals surface area contributed by atoms with Gasteiger partial charge in [0.15, 0.2) is 5.60 Å². The van der Waals surface area contributed by atoms with E-state index in [0.29, 0.717) is 38.0 Å². The summed E-state index contributed by atoms with van der Waals surface area (Å²) < 4.78 is 22.7. The van der Waals surface area contributed by atoms with Crippen molar-refractivity contribution in [3.8, 4) is 0 Å². The van der Waals surface area contributed by atoms with E-state index in [0.717, 1.165) is 17.0 Å². The minimum Gasteiger partial charge on any atom is -0.421 e. The Bertz CT molecular complexity index is 664. The van der Waals surface area contributed by atoms with Crippen molar-refractivity contribution in [2.24, 2.45) is 0 Å². The highest BCUT2D eigenvalue weighted by molar-refractivity contribution is 5.34. The van der Waals surface area contributed by atoms with Crippen LogP contribution in [-0.4, -0.2) is 35.2 Å². The predicted molar refractivity (Wildman–Crippen MR) is 81.1 cm³/mol. The average Bonchev–Trinajstić information content (AvgIpc) is 3.19. The third-order valence-corrected chi connectivity index (χ3v) is 4.41. The second kappa shape index (κ2) is 5.72. The maximum atomic E-state index is 6.03. The molecule has 0 aliphatic carbocycles. The van der Waals surface area contributed by atoms with Crippen LogP contribution in [0, 0.1) is 13.8 Å². The molecule has 1 saturated heterocycles. The zero-order valence-electron chi connectivity index (χ0n) is 14.3. The maximum Gasteiger partial charge on any atom is 0.250 e. The first-order chi connectivity index (χ1) is 10.9. The van der Waals surface area contributed by atoms with Crippen molar-refractivity contribution >= 4 is 0 Å². The van der Waals surface area contributed by atoms with Gasteiger partial charge in [0.1, 0.15) is 5.76 Å². The van der Waals surface area contributed by atoms with Crippen molar-refractivity contribution in [2.75, 3.05) is 19.8 Å². The van der Waals surface area contributed by atoms with E-state index in [4.69, 9.17) is 18.4 Å². The van der Waals surface area contributed by atoms with Crippen LogP contribution in [0.2, 0.25) is 0 Å². The average molecular weight is 321 g/mol. The Morgan fingerprint density at radius 2 is 2.04 bits per heavy atom. The highest BCUT2D eigenvalue weighted by atomic mass is 16.6. The second-order valence-corrected chi connectivity index (χ2v) is 6.47. The lowest BCUT2D eigenvalue weighted by molar-refractivity contribution is -0.0668. The molecular formula is C16H23N3O4. The fourth-order valence-electron chi connectivity index (χ4n) is 3.31. The summed E-state index contributed by atoms with van der Waals surface area (Å²) in [5, 5.41) is 12.6. The van der Waals surface area contributed by atoms with Gasteiger partial charge in [-0.15, -0.1) is 10.2 Å². The molecule has 3 heterocycles. The Kier molecular flexibility index (Phi) is 4.01. The molecule has 1 atom stereocenters. The number of hydrogen-bond acceptors (Lipinski definition) is 7. The predicted octanol–water partition coefficient (Wildman–Crippen LogP) is 2.65. The maximum absolute atomic E-state index is 6.03. The van der Waals surface area contributed by atoms with Gasteiger partial charge in [-0.1, -0.05) is 5.16 Å². The van der Waals surface area contributed by atoms with Gasteiger partial charge in [-0.05, 0) is 34.6 Å². The lowest BCUT2D eigenvalue weighted by atomic mass is 9.83. The zero-order valence-corrected chi connectivity index (χ0v) is 14.3. The summed E-state index contributed by atoms with van der Waals surface area (Å²) in [6.07, 6.45) is 0.716. The summed E-state index contributed by atoms with van der Waals surface area (Å²) in [5.41, 5.74) is 0.679. The molecule has 7 nitrogen and oxygen atoms in total. The summed E-state index contributed by atoms with van der Waals surface area (Å²) in [4.78, 5) is 0. The number of nitrogens with zero attached hydrogens (tertiary/aromatic N) is 3. The van der Waals surface area contributed by atoms with Gasteiger partial charge in [0, 0.05) is 18.6 Å². The molecule has 0 spiro atoms. The fourth-order valence-corrected chi connectivity index (χ4v) is 3.31. The highest BCUT2D eigenvalue weighted by Crippen LogP contribution is 2.38. The molecule has 2 aromatic rings. The van der Waals surface area contributed by atoms with E-state index in [1.54, 1.807) is 0 Å². The lowest BCUT2D eigenvalue weighted by Crippen LogP contribution is -2.30. The Hall–Kier alpha value is -1.73. The van der Waals surface area contributed by atoms with Crippen molar-refractivity contribution in [2.45, 2.75) is 52.1 Å². The van der Waals surface area contributed by atoms with E-state index in [9.17, 15) is 0 Å². The Labute approximate surface area is 135 Å². The number of rotatable bonds is 5. The Morgan fingerprint density at radius 1 is 1.26 bits per heavy atom. The van der Waals surface area contributed by atoms with Gasteiger partial charge in [-0.2, -0.15) is 0 Å². The third kappa shape index (κ3) is 2.57. The van der Waals surface area contributed by atoms with E-state index in [2.05, 4.69) is 15.4 Å². The van der Waals surface area contributed by atoms with Gasteiger partial charge >= 0.3 is 0 Å². The van der Waals surface area contributed by atoms with Crippen LogP contribution in [0.4, 0.5) is 0 Å². The second-order valence-electron chi connectivity index (χ2n) is 6.47. The first-order valence-corrected chi connectivity index (χ1v) is 7.90. The molecule has 126 valence electrons. The summed E-state index contributed by atoms with van der Waals surface area (Å²) >= 11 is 0. The number of aryl methyl sites for hydroxylation is 2. The Balaban J connectivity index is 1.98. The SMILES string of the molecule is CCOC1(c2nnc(C(C)(C)c3c(C)noc3C)o2)CCOC1. The quantitative estimate of drug-likeness (QED) is 0.837. The molecule has 0 bridgehead atoms. The monoisotopic (exact) mass is 321 g/mol. The summed E-state index contributed by atoms with van der Waals surface area (Å²) in [6, 6.07) is 0. The van der Waals surface area contributed by atoms with Gasteiger partial charge in [-0.3, -0.25) is 0 Å². The van der Waals surface area contributed by atoms with Crippen molar-refractivity contribution < 1.29 is 18.4 Å². The first-order valence-electron chi connectivity index (χ1n) is 7.90. The normalized spacial score (nSPS) is 22.0. The van der Waals surface area contributed by atoms with Gasteiger partial charge in [0.2, 0.25) is 5.89 Å². The van der Waals surface area contributed by atoms with Gasteiger partial charge in [0.05, 0.1) is 24.3 Å². The summed E-state index contributed by atoms with van der Waals surface area (Å²) in [6.45, 7) is 11.4. The van der Waals surface area contributed by atoms with E-state index in [1.807, 2.05) is 34.6 Å². The molecular weight excluding hydrogens is 298 g/mol. The van der Waals surface area contributed by atoms with Crippen molar-refractivity contribution in [3.05, 3.63) is 28.8 Å². The zero-order chi connectivity index (χ0) is 16.7. The molecule has 0 radical (unpaired) electrons. The molecule has 0 aromatic carbocycles. The van der Waals surface area contributed by atoms with E-state index in [1.165, 1.54) is 0 Å². The molecule has 1 aliphatic rings. The molecule has 0 amide bonds. The number of ether oxygens (including phenoxy) is 2. The van der Waals surface area contributed by atoms with E-state index < -0.39 is 11.0 Å².